The number of rotatable bonds is 8. The average Bonchev–Trinajstić information content (AvgIpc) is 2.42. The van der Waals surface area contributed by atoms with E-state index in [1.807, 2.05) is 13.8 Å². The van der Waals surface area contributed by atoms with Crippen LogP contribution in [0.25, 0.3) is 0 Å². The van der Waals surface area contributed by atoms with Crippen molar-refractivity contribution in [3.63, 3.8) is 0 Å². The number of carboxylic acids is 2. The van der Waals surface area contributed by atoms with E-state index >= 15 is 0 Å². The number of aromatic carboxylic acids is 2. The van der Waals surface area contributed by atoms with Crippen molar-refractivity contribution in [1.82, 2.24) is 0 Å². The third-order valence-corrected chi connectivity index (χ3v) is 2.73. The molecule has 0 radical (unpaired) electrons. The normalized spacial score (nSPS) is 11.9. The van der Waals surface area contributed by atoms with Crippen molar-refractivity contribution in [3.05, 3.63) is 29.3 Å². The number of hydrogen-bond acceptors (Lipinski definition) is 4. The van der Waals surface area contributed by atoms with E-state index in [0.717, 1.165) is 12.5 Å². The summed E-state index contributed by atoms with van der Waals surface area (Å²) >= 11 is 0. The molecule has 0 amide bonds. The Hall–Kier alpha value is -2.08. The van der Waals surface area contributed by atoms with Gasteiger partial charge in [-0.15, -0.1) is 0 Å². The highest BCUT2D eigenvalue weighted by Gasteiger charge is 2.12. The highest BCUT2D eigenvalue weighted by Crippen LogP contribution is 2.18. The van der Waals surface area contributed by atoms with E-state index in [-0.39, 0.29) is 29.6 Å². The van der Waals surface area contributed by atoms with Crippen LogP contribution < -0.4 is 4.74 Å². The fraction of sp³-hybridized carbons (Fsp3) is 0.429. The van der Waals surface area contributed by atoms with Crippen molar-refractivity contribution < 1.29 is 29.3 Å². The average molecular weight is 282 g/mol. The summed E-state index contributed by atoms with van der Waals surface area (Å²) in [7, 11) is 0. The Bertz CT molecular complexity index is 450. The van der Waals surface area contributed by atoms with Crippen LogP contribution >= 0.6 is 0 Å². The van der Waals surface area contributed by atoms with Crippen LogP contribution in [-0.2, 0) is 4.74 Å². The standard InChI is InChI=1S/C14H18O6/c1-3-9(2)19-4-5-20-12-7-10(13(15)16)6-11(8-12)14(17)18/h6-9H,3-5H2,1-2H3,(H,15,16)(H,17,18). The van der Waals surface area contributed by atoms with Crippen LogP contribution in [0.3, 0.4) is 0 Å². The molecule has 1 aromatic rings. The molecule has 0 aliphatic carbocycles. The van der Waals surface area contributed by atoms with Gasteiger partial charge in [0.2, 0.25) is 0 Å². The van der Waals surface area contributed by atoms with Crippen LogP contribution in [0.5, 0.6) is 5.75 Å². The van der Waals surface area contributed by atoms with Gasteiger partial charge in [-0.1, -0.05) is 6.92 Å². The molecule has 1 unspecified atom stereocenters. The van der Waals surface area contributed by atoms with Crippen molar-refractivity contribution in [3.8, 4) is 5.75 Å². The number of carboxylic acid groups (broad SMARTS) is 2. The van der Waals surface area contributed by atoms with E-state index in [9.17, 15) is 9.59 Å². The monoisotopic (exact) mass is 282 g/mol. The SMILES string of the molecule is CCC(C)OCCOc1cc(C(=O)O)cc(C(=O)O)c1. The Balaban J connectivity index is 2.69. The van der Waals surface area contributed by atoms with Gasteiger partial charge in [-0.3, -0.25) is 0 Å². The molecule has 0 heterocycles. The number of benzene rings is 1. The molecule has 0 spiro atoms. The molecule has 0 fully saturated rings. The Morgan fingerprint density at radius 2 is 1.65 bits per heavy atom. The van der Waals surface area contributed by atoms with E-state index in [0.29, 0.717) is 6.61 Å². The minimum absolute atomic E-state index is 0.122. The van der Waals surface area contributed by atoms with Gasteiger partial charge in [0.1, 0.15) is 12.4 Å². The van der Waals surface area contributed by atoms with Crippen LogP contribution in [0, 0.1) is 0 Å². The summed E-state index contributed by atoms with van der Waals surface area (Å²) in [4.78, 5) is 21.8. The van der Waals surface area contributed by atoms with Gasteiger partial charge in [-0.25, -0.2) is 9.59 Å². The van der Waals surface area contributed by atoms with Crippen molar-refractivity contribution in [1.29, 1.82) is 0 Å². The van der Waals surface area contributed by atoms with Gasteiger partial charge < -0.3 is 19.7 Å². The minimum atomic E-state index is -1.20. The molecular weight excluding hydrogens is 264 g/mol. The summed E-state index contributed by atoms with van der Waals surface area (Å²) in [5, 5.41) is 17.8. The summed E-state index contributed by atoms with van der Waals surface area (Å²) in [6.45, 7) is 4.52. The number of ether oxygens (including phenoxy) is 2. The lowest BCUT2D eigenvalue weighted by Gasteiger charge is -2.12. The molecular formula is C14H18O6. The quantitative estimate of drug-likeness (QED) is 0.710. The van der Waals surface area contributed by atoms with Gasteiger partial charge in [0.25, 0.3) is 0 Å². The van der Waals surface area contributed by atoms with Crippen LogP contribution in [0.1, 0.15) is 41.0 Å². The molecule has 0 aliphatic heterocycles. The molecule has 6 nitrogen and oxygen atoms in total. The summed E-state index contributed by atoms with van der Waals surface area (Å²) in [5.74, 6) is -2.20. The summed E-state index contributed by atoms with van der Waals surface area (Å²) in [6, 6.07) is 3.67. The van der Waals surface area contributed by atoms with Gasteiger partial charge >= 0.3 is 11.9 Å². The van der Waals surface area contributed by atoms with Gasteiger partial charge in [0.15, 0.2) is 0 Å². The molecule has 1 aromatic carbocycles. The van der Waals surface area contributed by atoms with Crippen molar-refractivity contribution in [2.75, 3.05) is 13.2 Å². The van der Waals surface area contributed by atoms with Crippen LogP contribution in [-0.4, -0.2) is 41.5 Å². The molecule has 20 heavy (non-hydrogen) atoms. The molecule has 0 saturated carbocycles. The van der Waals surface area contributed by atoms with Crippen molar-refractivity contribution in [2.45, 2.75) is 26.4 Å². The lowest BCUT2D eigenvalue weighted by Crippen LogP contribution is -2.13. The first kappa shape index (κ1) is 16.0. The zero-order valence-electron chi connectivity index (χ0n) is 11.5. The first-order valence-corrected chi connectivity index (χ1v) is 6.30. The van der Waals surface area contributed by atoms with E-state index in [4.69, 9.17) is 19.7 Å². The first-order valence-electron chi connectivity index (χ1n) is 6.30. The van der Waals surface area contributed by atoms with Gasteiger partial charge in [-0.05, 0) is 31.5 Å². The fourth-order valence-corrected chi connectivity index (χ4v) is 1.46. The van der Waals surface area contributed by atoms with Crippen molar-refractivity contribution >= 4 is 11.9 Å². The van der Waals surface area contributed by atoms with Crippen LogP contribution in [0.2, 0.25) is 0 Å². The topological polar surface area (TPSA) is 93.1 Å². The summed E-state index contributed by atoms with van der Waals surface area (Å²) < 4.78 is 10.7. The molecule has 110 valence electrons. The number of hydrogen-bond donors (Lipinski definition) is 2. The highest BCUT2D eigenvalue weighted by atomic mass is 16.5. The second-order valence-corrected chi connectivity index (χ2v) is 4.29. The van der Waals surface area contributed by atoms with E-state index in [2.05, 4.69) is 0 Å². The zero-order chi connectivity index (χ0) is 15.1. The Labute approximate surface area is 116 Å². The van der Waals surface area contributed by atoms with Crippen molar-refractivity contribution in [2.24, 2.45) is 0 Å². The second-order valence-electron chi connectivity index (χ2n) is 4.29. The Morgan fingerprint density at radius 3 is 2.10 bits per heavy atom. The van der Waals surface area contributed by atoms with E-state index < -0.39 is 11.9 Å². The predicted octanol–water partition coefficient (Wildman–Crippen LogP) is 2.28. The largest absolute Gasteiger partial charge is 0.491 e. The maximum absolute atomic E-state index is 10.9. The zero-order valence-corrected chi connectivity index (χ0v) is 11.5. The van der Waals surface area contributed by atoms with Gasteiger partial charge in [0, 0.05) is 0 Å². The predicted molar refractivity (Wildman–Crippen MR) is 71.6 cm³/mol. The highest BCUT2D eigenvalue weighted by molar-refractivity contribution is 5.94. The summed E-state index contributed by atoms with van der Waals surface area (Å²) in [6.07, 6.45) is 1.01. The lowest BCUT2D eigenvalue weighted by molar-refractivity contribution is 0.0426. The Kier molecular flexibility index (Phi) is 5.99. The molecule has 2 N–H and O–H groups in total. The van der Waals surface area contributed by atoms with E-state index in [1.165, 1.54) is 12.1 Å². The third kappa shape index (κ3) is 4.89. The summed E-state index contributed by atoms with van der Waals surface area (Å²) in [5.41, 5.74) is -0.245. The third-order valence-electron chi connectivity index (χ3n) is 2.73. The Morgan fingerprint density at radius 1 is 1.10 bits per heavy atom. The lowest BCUT2D eigenvalue weighted by atomic mass is 10.1. The first-order chi connectivity index (χ1) is 9.43. The van der Waals surface area contributed by atoms with E-state index in [1.54, 1.807) is 0 Å². The second kappa shape index (κ2) is 7.49. The van der Waals surface area contributed by atoms with Crippen LogP contribution in [0.15, 0.2) is 18.2 Å². The molecule has 6 heteroatoms. The van der Waals surface area contributed by atoms with Crippen LogP contribution in [0.4, 0.5) is 0 Å². The molecule has 0 bridgehead atoms. The molecule has 0 aliphatic rings. The van der Waals surface area contributed by atoms with Gasteiger partial charge in [0.05, 0.1) is 23.8 Å². The maximum Gasteiger partial charge on any atom is 0.335 e. The maximum atomic E-state index is 10.9. The molecule has 1 atom stereocenters. The minimum Gasteiger partial charge on any atom is -0.491 e. The molecule has 0 saturated heterocycles. The number of carbonyl (C=O) groups is 2. The smallest absolute Gasteiger partial charge is 0.335 e. The molecule has 1 rings (SSSR count). The molecule has 0 aromatic heterocycles. The van der Waals surface area contributed by atoms with Gasteiger partial charge in [-0.2, -0.15) is 0 Å². The fourth-order valence-electron chi connectivity index (χ4n) is 1.46.